The predicted octanol–water partition coefficient (Wildman–Crippen LogP) is 2.13. The summed E-state index contributed by atoms with van der Waals surface area (Å²) >= 11 is 0. The van der Waals surface area contributed by atoms with Crippen molar-refractivity contribution in [3.05, 3.63) is 51.9 Å². The van der Waals surface area contributed by atoms with Crippen LogP contribution >= 0.6 is 0 Å². The topological polar surface area (TPSA) is 89.3 Å². The summed E-state index contributed by atoms with van der Waals surface area (Å²) in [4.78, 5) is 33.0. The van der Waals surface area contributed by atoms with Crippen LogP contribution in [0.3, 0.4) is 0 Å². The zero-order valence-electron chi connectivity index (χ0n) is 14.4. The van der Waals surface area contributed by atoms with E-state index in [-0.39, 0.29) is 24.1 Å². The standard InChI is InChI=1S/C18H20N4O3/c1-11(2)17(24)25-10-9-14-12(3)19-18-20-15(21-22(18)16(14)23)13-7-5-4-6-8-13/h4-8,11H,9-10H2,1-3H3,(H,19,20,21). The molecule has 130 valence electrons. The van der Waals surface area contributed by atoms with Crippen LogP contribution in [0.25, 0.3) is 17.2 Å². The van der Waals surface area contributed by atoms with Crippen LogP contribution in [0.5, 0.6) is 0 Å². The molecular weight excluding hydrogens is 320 g/mol. The number of esters is 1. The van der Waals surface area contributed by atoms with Crippen molar-refractivity contribution < 1.29 is 9.53 Å². The van der Waals surface area contributed by atoms with Gasteiger partial charge in [0, 0.05) is 17.5 Å². The molecule has 7 heteroatoms. The van der Waals surface area contributed by atoms with Gasteiger partial charge in [0.1, 0.15) is 0 Å². The van der Waals surface area contributed by atoms with Crippen molar-refractivity contribution >= 4 is 11.7 Å². The van der Waals surface area contributed by atoms with E-state index in [2.05, 4.69) is 15.1 Å². The van der Waals surface area contributed by atoms with Gasteiger partial charge in [0.2, 0.25) is 0 Å². The molecule has 25 heavy (non-hydrogen) atoms. The minimum atomic E-state index is -0.278. The maximum absolute atomic E-state index is 12.7. The zero-order chi connectivity index (χ0) is 18.0. The summed E-state index contributed by atoms with van der Waals surface area (Å²) < 4.78 is 6.49. The highest BCUT2D eigenvalue weighted by molar-refractivity contribution is 5.71. The lowest BCUT2D eigenvalue weighted by Crippen LogP contribution is -2.24. The number of H-pyrrole nitrogens is 1. The van der Waals surface area contributed by atoms with Crippen LogP contribution in [0, 0.1) is 12.8 Å². The van der Waals surface area contributed by atoms with Crippen molar-refractivity contribution in [3.63, 3.8) is 0 Å². The van der Waals surface area contributed by atoms with Gasteiger partial charge in [0.25, 0.3) is 11.3 Å². The number of carbonyl (C=O) groups excluding carboxylic acids is 1. The number of nitrogens with one attached hydrogen (secondary N) is 1. The Labute approximate surface area is 144 Å². The minimum absolute atomic E-state index is 0.153. The number of benzene rings is 1. The van der Waals surface area contributed by atoms with Gasteiger partial charge >= 0.3 is 5.97 Å². The van der Waals surface area contributed by atoms with Gasteiger partial charge in [-0.3, -0.25) is 14.7 Å². The maximum atomic E-state index is 12.7. The molecule has 0 saturated heterocycles. The molecule has 2 heterocycles. The largest absolute Gasteiger partial charge is 0.465 e. The summed E-state index contributed by atoms with van der Waals surface area (Å²) in [5, 5.41) is 2.99. The molecule has 3 rings (SSSR count). The van der Waals surface area contributed by atoms with E-state index in [1.165, 1.54) is 4.52 Å². The Morgan fingerprint density at radius 1 is 1.24 bits per heavy atom. The number of hydrogen-bond donors (Lipinski definition) is 1. The molecule has 0 amide bonds. The normalized spacial score (nSPS) is 11.2. The van der Waals surface area contributed by atoms with Gasteiger partial charge < -0.3 is 4.74 Å². The van der Waals surface area contributed by atoms with Crippen LogP contribution in [-0.4, -0.2) is 32.2 Å². The van der Waals surface area contributed by atoms with Crippen molar-refractivity contribution in [2.24, 2.45) is 5.92 Å². The Morgan fingerprint density at radius 3 is 2.64 bits per heavy atom. The number of aryl methyl sites for hydroxylation is 1. The van der Waals surface area contributed by atoms with Crippen LogP contribution in [0.2, 0.25) is 0 Å². The van der Waals surface area contributed by atoms with E-state index in [1.807, 2.05) is 30.3 Å². The molecule has 0 unspecified atom stereocenters. The molecule has 0 aliphatic rings. The third-order valence-electron chi connectivity index (χ3n) is 3.91. The third kappa shape index (κ3) is 3.45. The van der Waals surface area contributed by atoms with Gasteiger partial charge in [-0.1, -0.05) is 44.2 Å². The highest BCUT2D eigenvalue weighted by Crippen LogP contribution is 2.14. The van der Waals surface area contributed by atoms with E-state index < -0.39 is 0 Å². The summed E-state index contributed by atoms with van der Waals surface area (Å²) in [5.74, 6) is 0.431. The molecule has 1 aromatic carbocycles. The average Bonchev–Trinajstić information content (AvgIpc) is 3.02. The van der Waals surface area contributed by atoms with Crippen molar-refractivity contribution in [2.75, 3.05) is 6.61 Å². The summed E-state index contributed by atoms with van der Waals surface area (Å²) in [6.07, 6.45) is 0.318. The number of carbonyl (C=O) groups is 1. The second-order valence-electron chi connectivity index (χ2n) is 6.13. The zero-order valence-corrected chi connectivity index (χ0v) is 14.4. The first-order valence-corrected chi connectivity index (χ1v) is 8.17. The second-order valence-corrected chi connectivity index (χ2v) is 6.13. The number of hydrogen-bond acceptors (Lipinski definition) is 5. The molecule has 0 radical (unpaired) electrons. The molecule has 0 bridgehead atoms. The van der Waals surface area contributed by atoms with Crippen LogP contribution in [0.15, 0.2) is 35.1 Å². The molecular formula is C18H20N4O3. The number of nitrogens with zero attached hydrogens (tertiary/aromatic N) is 3. The fraction of sp³-hybridized carbons (Fsp3) is 0.333. The summed E-state index contributed by atoms with van der Waals surface area (Å²) in [6.45, 7) is 5.45. The highest BCUT2D eigenvalue weighted by Gasteiger charge is 2.15. The molecule has 1 N–H and O–H groups in total. The predicted molar refractivity (Wildman–Crippen MR) is 93.3 cm³/mol. The summed E-state index contributed by atoms with van der Waals surface area (Å²) in [7, 11) is 0. The Bertz CT molecular complexity index is 958. The van der Waals surface area contributed by atoms with Crippen molar-refractivity contribution in [3.8, 4) is 11.4 Å². The SMILES string of the molecule is Cc1nc2nc(-c3ccccc3)[nH]n2c(=O)c1CCOC(=O)C(C)C. The molecule has 7 nitrogen and oxygen atoms in total. The lowest BCUT2D eigenvalue weighted by Gasteiger charge is -2.08. The van der Waals surface area contributed by atoms with Crippen LogP contribution < -0.4 is 5.56 Å². The van der Waals surface area contributed by atoms with Gasteiger partial charge in [-0.05, 0) is 6.92 Å². The first-order chi connectivity index (χ1) is 12.0. The molecule has 0 aliphatic carbocycles. The first-order valence-electron chi connectivity index (χ1n) is 8.17. The lowest BCUT2D eigenvalue weighted by molar-refractivity contribution is -0.147. The Kier molecular flexibility index (Phi) is 4.65. The molecule has 0 spiro atoms. The third-order valence-corrected chi connectivity index (χ3v) is 3.91. The number of ether oxygens (including phenoxy) is 1. The van der Waals surface area contributed by atoms with Crippen molar-refractivity contribution in [2.45, 2.75) is 27.2 Å². The van der Waals surface area contributed by atoms with E-state index in [9.17, 15) is 9.59 Å². The van der Waals surface area contributed by atoms with E-state index in [4.69, 9.17) is 4.74 Å². The van der Waals surface area contributed by atoms with Gasteiger partial charge in [-0.25, -0.2) is 4.98 Å². The van der Waals surface area contributed by atoms with Gasteiger partial charge in [0.05, 0.1) is 18.2 Å². The van der Waals surface area contributed by atoms with Gasteiger partial charge in [-0.15, -0.1) is 0 Å². The number of fused-ring (bicyclic) bond motifs is 1. The smallest absolute Gasteiger partial charge is 0.308 e. The number of aromatic amines is 1. The lowest BCUT2D eigenvalue weighted by atomic mass is 10.2. The van der Waals surface area contributed by atoms with Gasteiger partial charge in [-0.2, -0.15) is 9.50 Å². The number of aromatic nitrogens is 4. The van der Waals surface area contributed by atoms with Gasteiger partial charge in [0.15, 0.2) is 5.82 Å². The summed E-state index contributed by atoms with van der Waals surface area (Å²) in [6, 6.07) is 9.53. The van der Waals surface area contributed by atoms with E-state index >= 15 is 0 Å². The fourth-order valence-corrected chi connectivity index (χ4v) is 2.49. The van der Waals surface area contributed by atoms with Crippen LogP contribution in [0.1, 0.15) is 25.1 Å². The molecule has 0 fully saturated rings. The van der Waals surface area contributed by atoms with E-state index in [1.54, 1.807) is 20.8 Å². The Hall–Kier alpha value is -2.96. The molecule has 0 aliphatic heterocycles. The van der Waals surface area contributed by atoms with E-state index in [0.29, 0.717) is 29.3 Å². The monoisotopic (exact) mass is 340 g/mol. The molecule has 0 saturated carbocycles. The summed E-state index contributed by atoms with van der Waals surface area (Å²) in [5.41, 5.74) is 1.75. The maximum Gasteiger partial charge on any atom is 0.308 e. The molecule has 0 atom stereocenters. The number of rotatable bonds is 5. The Balaban J connectivity index is 1.90. The van der Waals surface area contributed by atoms with Crippen molar-refractivity contribution in [1.82, 2.24) is 19.6 Å². The van der Waals surface area contributed by atoms with Crippen LogP contribution in [0.4, 0.5) is 0 Å². The van der Waals surface area contributed by atoms with Crippen molar-refractivity contribution in [1.29, 1.82) is 0 Å². The quantitative estimate of drug-likeness (QED) is 0.719. The highest BCUT2D eigenvalue weighted by atomic mass is 16.5. The molecule has 2 aromatic heterocycles. The first kappa shape index (κ1) is 16.9. The minimum Gasteiger partial charge on any atom is -0.465 e. The average molecular weight is 340 g/mol. The fourth-order valence-electron chi connectivity index (χ4n) is 2.49. The second kappa shape index (κ2) is 6.88. The molecule has 3 aromatic rings. The van der Waals surface area contributed by atoms with Crippen LogP contribution in [-0.2, 0) is 16.0 Å². The Morgan fingerprint density at radius 2 is 1.96 bits per heavy atom. The van der Waals surface area contributed by atoms with E-state index in [0.717, 1.165) is 5.56 Å².